The second-order valence-corrected chi connectivity index (χ2v) is 7.45. The molecule has 2 amide bonds. The van der Waals surface area contributed by atoms with Crippen molar-refractivity contribution in [3.63, 3.8) is 0 Å². The first-order valence-corrected chi connectivity index (χ1v) is 9.45. The molecule has 1 fully saturated rings. The predicted octanol–water partition coefficient (Wildman–Crippen LogP) is -1.14. The maximum absolute atomic E-state index is 12.3. The fourth-order valence-electron chi connectivity index (χ4n) is 2.00. The molecule has 1 aromatic heterocycles. The van der Waals surface area contributed by atoms with Crippen LogP contribution in [0.2, 0.25) is 0 Å². The van der Waals surface area contributed by atoms with Gasteiger partial charge in [0.1, 0.15) is 18.8 Å². The monoisotopic (exact) mass is 393 g/mol. The number of nitrogens with zero attached hydrogens (tertiary/aromatic N) is 3. The van der Waals surface area contributed by atoms with E-state index in [1.807, 2.05) is 0 Å². The van der Waals surface area contributed by atoms with Gasteiger partial charge in [-0.2, -0.15) is 0 Å². The number of nitrogens with two attached hydrogens (primary N) is 1. The Bertz CT molecular complexity index is 747. The number of β-lactam (4-membered cyclic amide) rings is 1. The van der Waals surface area contributed by atoms with Crippen LogP contribution in [-0.4, -0.2) is 62.9 Å². The van der Waals surface area contributed by atoms with Crippen LogP contribution in [0.4, 0.5) is 5.13 Å². The Morgan fingerprint density at radius 2 is 2.28 bits per heavy atom. The van der Waals surface area contributed by atoms with Crippen LogP contribution in [0, 0.1) is 0 Å². The third-order valence-corrected chi connectivity index (χ3v) is 4.28. The summed E-state index contributed by atoms with van der Waals surface area (Å²) >= 11 is 1.11. The van der Waals surface area contributed by atoms with Gasteiger partial charge >= 0.3 is 7.60 Å². The summed E-state index contributed by atoms with van der Waals surface area (Å²) in [5, 5.41) is 8.57. The highest BCUT2D eigenvalue weighted by Gasteiger charge is 2.47. The molecule has 0 saturated carbocycles. The highest BCUT2D eigenvalue weighted by molar-refractivity contribution is 7.51. The number of nitrogen functional groups attached to an aromatic ring is 1. The molecule has 0 aromatic carbocycles. The lowest BCUT2D eigenvalue weighted by atomic mass is 10.00. The zero-order chi connectivity index (χ0) is 18.8. The number of thiazole rings is 1. The molecular weight excluding hydrogens is 377 g/mol. The van der Waals surface area contributed by atoms with E-state index in [0.29, 0.717) is 0 Å². The SMILES string of the molecule is CON=C(C(=O)N[C@@H]1C(=O)N(OCP(=O)(O)O)[C@H]1C)c1csc(N)n1. The fraction of sp³-hybridized carbons (Fsp3) is 0.455. The summed E-state index contributed by atoms with van der Waals surface area (Å²) in [5.74, 6) is -1.36. The molecule has 0 radical (unpaired) electrons. The molecule has 5 N–H and O–H groups in total. The van der Waals surface area contributed by atoms with E-state index in [1.165, 1.54) is 12.5 Å². The first-order chi connectivity index (χ1) is 11.6. The van der Waals surface area contributed by atoms with Crippen LogP contribution in [0.1, 0.15) is 12.6 Å². The summed E-state index contributed by atoms with van der Waals surface area (Å²) in [7, 11) is -3.17. The van der Waals surface area contributed by atoms with E-state index in [2.05, 4.69) is 20.3 Å². The Hall–Kier alpha value is -2.05. The van der Waals surface area contributed by atoms with Crippen LogP contribution in [0.5, 0.6) is 0 Å². The molecule has 14 heteroatoms. The molecule has 25 heavy (non-hydrogen) atoms. The second kappa shape index (κ2) is 7.45. The van der Waals surface area contributed by atoms with E-state index in [4.69, 9.17) is 20.4 Å². The van der Waals surface area contributed by atoms with Gasteiger partial charge in [0, 0.05) is 5.38 Å². The van der Waals surface area contributed by atoms with E-state index in [0.717, 1.165) is 16.4 Å². The second-order valence-electron chi connectivity index (χ2n) is 4.97. The average molecular weight is 393 g/mol. The molecule has 0 unspecified atom stereocenters. The molecule has 1 aliphatic rings. The smallest absolute Gasteiger partial charge is 0.353 e. The molecule has 0 bridgehead atoms. The Morgan fingerprint density at radius 1 is 1.60 bits per heavy atom. The van der Waals surface area contributed by atoms with Crippen LogP contribution >= 0.6 is 18.9 Å². The quantitative estimate of drug-likeness (QED) is 0.193. The fourth-order valence-corrected chi connectivity index (χ4v) is 2.82. The first-order valence-electron chi connectivity index (χ1n) is 6.78. The maximum Gasteiger partial charge on any atom is 0.353 e. The molecule has 1 aromatic rings. The van der Waals surface area contributed by atoms with Crippen LogP contribution in [0.25, 0.3) is 0 Å². The number of nitrogens with one attached hydrogen (secondary N) is 1. The zero-order valence-corrected chi connectivity index (χ0v) is 14.9. The van der Waals surface area contributed by atoms with Crippen LogP contribution in [0.15, 0.2) is 10.5 Å². The standard InChI is InChI=1S/C11H16N5O7PS/c1-5-7(10(18)16(5)23-4-24(19,20)21)14-9(17)8(15-22-2)6-3-25-11(12)13-6/h3,5,7H,4H2,1-2H3,(H2,12,13)(H,14,17)(H2,19,20,21)/t5-,7-/m0/s1. The Balaban J connectivity index is 2.01. The third kappa shape index (κ3) is 4.52. The van der Waals surface area contributed by atoms with Crippen molar-refractivity contribution in [3.05, 3.63) is 11.1 Å². The van der Waals surface area contributed by atoms with Crippen molar-refractivity contribution in [2.75, 3.05) is 19.2 Å². The average Bonchev–Trinajstić information content (AvgIpc) is 2.95. The number of hydrogen-bond donors (Lipinski definition) is 4. The van der Waals surface area contributed by atoms with Gasteiger partial charge in [0.2, 0.25) is 0 Å². The molecule has 0 aliphatic carbocycles. The number of hydroxylamine groups is 2. The van der Waals surface area contributed by atoms with Gasteiger partial charge < -0.3 is 25.7 Å². The van der Waals surface area contributed by atoms with Gasteiger partial charge in [0.15, 0.2) is 17.2 Å². The molecule has 2 heterocycles. The Morgan fingerprint density at radius 3 is 2.76 bits per heavy atom. The molecular formula is C11H16N5O7PS. The normalized spacial score (nSPS) is 21.0. The molecule has 2 rings (SSSR count). The Labute approximate surface area is 145 Å². The summed E-state index contributed by atoms with van der Waals surface area (Å²) in [4.78, 5) is 55.1. The largest absolute Gasteiger partial charge is 0.398 e. The minimum atomic E-state index is -4.42. The number of carbonyl (C=O) groups excluding carboxylic acids is 2. The molecule has 0 spiro atoms. The number of anilines is 1. The van der Waals surface area contributed by atoms with Crippen molar-refractivity contribution in [3.8, 4) is 0 Å². The lowest BCUT2D eigenvalue weighted by Crippen LogP contribution is -2.69. The van der Waals surface area contributed by atoms with Gasteiger partial charge in [-0.1, -0.05) is 5.16 Å². The summed E-state index contributed by atoms with van der Waals surface area (Å²) in [6, 6.07) is -1.57. The van der Waals surface area contributed by atoms with E-state index >= 15 is 0 Å². The molecule has 1 saturated heterocycles. The summed E-state index contributed by atoms with van der Waals surface area (Å²) in [5.41, 5.74) is 5.55. The van der Waals surface area contributed by atoms with E-state index in [-0.39, 0.29) is 16.5 Å². The topological polar surface area (TPSA) is 177 Å². The molecule has 138 valence electrons. The highest BCUT2D eigenvalue weighted by atomic mass is 32.1. The number of rotatable bonds is 7. The van der Waals surface area contributed by atoms with Gasteiger partial charge in [0.25, 0.3) is 11.8 Å². The molecule has 1 aliphatic heterocycles. The maximum atomic E-state index is 12.3. The Kier molecular flexibility index (Phi) is 5.75. The first kappa shape index (κ1) is 19.3. The van der Waals surface area contributed by atoms with Crippen molar-refractivity contribution in [2.45, 2.75) is 19.0 Å². The minimum Gasteiger partial charge on any atom is -0.398 e. The number of amides is 2. The van der Waals surface area contributed by atoms with Crippen molar-refractivity contribution in [1.29, 1.82) is 0 Å². The van der Waals surface area contributed by atoms with Gasteiger partial charge in [-0.05, 0) is 6.92 Å². The number of oxime groups is 1. The van der Waals surface area contributed by atoms with Crippen LogP contribution in [0.3, 0.4) is 0 Å². The minimum absolute atomic E-state index is 0.162. The van der Waals surface area contributed by atoms with Gasteiger partial charge in [-0.3, -0.25) is 19.0 Å². The molecule has 12 nitrogen and oxygen atoms in total. The number of aromatic nitrogens is 1. The summed E-state index contributed by atoms with van der Waals surface area (Å²) in [6.07, 6.45) is -0.932. The summed E-state index contributed by atoms with van der Waals surface area (Å²) in [6.45, 7) is 1.54. The van der Waals surface area contributed by atoms with Crippen molar-refractivity contribution in [2.24, 2.45) is 5.16 Å². The van der Waals surface area contributed by atoms with E-state index in [9.17, 15) is 14.2 Å². The van der Waals surface area contributed by atoms with E-state index < -0.39 is 37.8 Å². The highest BCUT2D eigenvalue weighted by Crippen LogP contribution is 2.35. The number of hydrogen-bond acceptors (Lipinski definition) is 9. The number of carbonyl (C=O) groups is 2. The van der Waals surface area contributed by atoms with E-state index in [1.54, 1.807) is 6.92 Å². The van der Waals surface area contributed by atoms with Gasteiger partial charge in [0.05, 0.1) is 6.04 Å². The van der Waals surface area contributed by atoms with Crippen molar-refractivity contribution in [1.82, 2.24) is 15.4 Å². The lowest BCUT2D eigenvalue weighted by molar-refractivity contribution is -0.225. The van der Waals surface area contributed by atoms with Crippen LogP contribution in [-0.2, 0) is 23.8 Å². The summed E-state index contributed by atoms with van der Waals surface area (Å²) < 4.78 is 10.8. The van der Waals surface area contributed by atoms with Gasteiger partial charge in [-0.25, -0.2) is 10.0 Å². The lowest BCUT2D eigenvalue weighted by Gasteiger charge is -2.43. The van der Waals surface area contributed by atoms with Gasteiger partial charge in [-0.15, -0.1) is 11.3 Å². The third-order valence-electron chi connectivity index (χ3n) is 3.15. The van der Waals surface area contributed by atoms with Crippen molar-refractivity contribution >= 4 is 41.6 Å². The van der Waals surface area contributed by atoms with Crippen molar-refractivity contribution < 1.29 is 33.6 Å². The van der Waals surface area contributed by atoms with Crippen LogP contribution < -0.4 is 11.1 Å². The predicted molar refractivity (Wildman–Crippen MR) is 86.3 cm³/mol. The molecule has 2 atom stereocenters. The zero-order valence-electron chi connectivity index (χ0n) is 13.1.